The van der Waals surface area contributed by atoms with E-state index in [-0.39, 0.29) is 33.8 Å². The van der Waals surface area contributed by atoms with Gasteiger partial charge in [0, 0.05) is 23.8 Å². The highest BCUT2D eigenvalue weighted by Gasteiger charge is 2.46. The zero-order valence-electron chi connectivity index (χ0n) is 22.1. The van der Waals surface area contributed by atoms with Crippen LogP contribution < -0.4 is 10.2 Å². The lowest BCUT2D eigenvalue weighted by atomic mass is 9.99. The molecule has 5 rings (SSSR count). The minimum absolute atomic E-state index is 0.0495. The van der Waals surface area contributed by atoms with E-state index < -0.39 is 66.0 Å². The molecule has 4 aromatic rings. The van der Waals surface area contributed by atoms with Gasteiger partial charge in [-0.1, -0.05) is 12.1 Å². The van der Waals surface area contributed by atoms with Crippen molar-refractivity contribution < 1.29 is 59.2 Å². The number of hydrogen-bond donors (Lipinski definition) is 7. The maximum absolute atomic E-state index is 13.5. The van der Waals surface area contributed by atoms with E-state index in [9.17, 15) is 45.3 Å². The predicted octanol–water partition coefficient (Wildman–Crippen LogP) is 1.73. The monoisotopic (exact) mass is 594 g/mol. The topological polar surface area (TPSA) is 217 Å². The third-order valence-electron chi connectivity index (χ3n) is 6.64. The van der Waals surface area contributed by atoms with Crippen LogP contribution in [0.1, 0.15) is 5.56 Å². The van der Waals surface area contributed by atoms with Gasteiger partial charge in [0.15, 0.2) is 5.76 Å². The standard InChI is InChI=1S/C30H26O13/c31-16-6-1-14(2-7-16)3-10-22(35)40-13-21-24(36)26(38)27(39)30(42-21)43-29-25(37)23-19(34)11-18(33)12-20(23)41-28(29)15-4-8-17(32)9-5-15/h1-12,21,24,26-27,30-34,36,38-39H,13H2/b10-3+/t21?,24-,26-,27?,30+/m1/s1. The molecule has 2 unspecified atom stereocenters. The van der Waals surface area contributed by atoms with Crippen LogP contribution in [0.5, 0.6) is 28.7 Å². The van der Waals surface area contributed by atoms with Crippen LogP contribution >= 0.6 is 0 Å². The fraction of sp³-hybridized carbons (Fsp3) is 0.200. The first kappa shape index (κ1) is 29.4. The molecule has 0 aliphatic carbocycles. The van der Waals surface area contributed by atoms with Crippen LogP contribution in [0.4, 0.5) is 0 Å². The Labute approximate surface area is 242 Å². The van der Waals surface area contributed by atoms with Gasteiger partial charge >= 0.3 is 5.97 Å². The molecule has 5 atom stereocenters. The Morgan fingerprint density at radius 2 is 1.49 bits per heavy atom. The van der Waals surface area contributed by atoms with Crippen LogP contribution in [0.3, 0.4) is 0 Å². The molecule has 1 fully saturated rings. The summed E-state index contributed by atoms with van der Waals surface area (Å²) in [6.07, 6.45) is -6.17. The van der Waals surface area contributed by atoms with Gasteiger partial charge < -0.3 is 54.4 Å². The highest BCUT2D eigenvalue weighted by Crippen LogP contribution is 2.37. The number of phenolic OH excluding ortho intramolecular Hbond substituents is 4. The number of carbonyl (C=O) groups is 1. The molecule has 0 radical (unpaired) electrons. The van der Waals surface area contributed by atoms with Crippen molar-refractivity contribution in [3.8, 4) is 40.1 Å². The van der Waals surface area contributed by atoms with Gasteiger partial charge in [-0.3, -0.25) is 4.79 Å². The van der Waals surface area contributed by atoms with Crippen LogP contribution in [0.15, 0.2) is 76.0 Å². The van der Waals surface area contributed by atoms with Gasteiger partial charge in [-0.05, 0) is 48.0 Å². The van der Waals surface area contributed by atoms with Crippen molar-refractivity contribution >= 4 is 23.0 Å². The van der Waals surface area contributed by atoms with Crippen molar-refractivity contribution in [1.29, 1.82) is 0 Å². The Bertz CT molecular complexity index is 1710. The Hall–Kier alpha value is -5.08. The molecule has 7 N–H and O–H groups in total. The fourth-order valence-electron chi connectivity index (χ4n) is 4.41. The molecule has 0 spiro atoms. The lowest BCUT2D eigenvalue weighted by Gasteiger charge is -2.39. The van der Waals surface area contributed by atoms with Crippen LogP contribution in [0.25, 0.3) is 28.4 Å². The van der Waals surface area contributed by atoms with E-state index in [4.69, 9.17) is 18.6 Å². The smallest absolute Gasteiger partial charge is 0.330 e. The van der Waals surface area contributed by atoms with Crippen molar-refractivity contribution in [2.45, 2.75) is 30.7 Å². The first-order valence-corrected chi connectivity index (χ1v) is 12.8. The zero-order chi connectivity index (χ0) is 30.8. The quantitative estimate of drug-likeness (QED) is 0.120. The Kier molecular flexibility index (Phi) is 8.23. The van der Waals surface area contributed by atoms with Crippen molar-refractivity contribution in [3.63, 3.8) is 0 Å². The van der Waals surface area contributed by atoms with Crippen LogP contribution in [0, 0.1) is 0 Å². The molecule has 1 aliphatic heterocycles. The molecule has 0 saturated carbocycles. The third kappa shape index (κ3) is 6.24. The van der Waals surface area contributed by atoms with E-state index in [1.54, 1.807) is 12.1 Å². The number of hydrogen-bond acceptors (Lipinski definition) is 13. The first-order chi connectivity index (χ1) is 20.5. The molecular formula is C30H26O13. The molecule has 1 saturated heterocycles. The number of esters is 1. The maximum atomic E-state index is 13.5. The molecule has 224 valence electrons. The molecular weight excluding hydrogens is 568 g/mol. The van der Waals surface area contributed by atoms with Gasteiger partial charge in [0.25, 0.3) is 0 Å². The largest absolute Gasteiger partial charge is 0.508 e. The van der Waals surface area contributed by atoms with E-state index in [0.29, 0.717) is 5.56 Å². The Morgan fingerprint density at radius 1 is 0.837 bits per heavy atom. The average molecular weight is 595 g/mol. The molecule has 0 amide bonds. The normalized spacial score (nSPS) is 22.1. The summed E-state index contributed by atoms with van der Waals surface area (Å²) < 4.78 is 22.2. The summed E-state index contributed by atoms with van der Waals surface area (Å²) in [6, 6.07) is 13.4. The Morgan fingerprint density at radius 3 is 2.16 bits per heavy atom. The number of ether oxygens (including phenoxy) is 3. The number of phenols is 4. The highest BCUT2D eigenvalue weighted by molar-refractivity contribution is 5.88. The number of aliphatic hydroxyl groups is 3. The lowest BCUT2D eigenvalue weighted by Crippen LogP contribution is -2.60. The van der Waals surface area contributed by atoms with Gasteiger partial charge in [-0.25, -0.2) is 4.79 Å². The van der Waals surface area contributed by atoms with Crippen molar-refractivity contribution in [1.82, 2.24) is 0 Å². The maximum Gasteiger partial charge on any atom is 0.330 e. The summed E-state index contributed by atoms with van der Waals surface area (Å²) in [5.41, 5.74) is -0.328. The van der Waals surface area contributed by atoms with Crippen LogP contribution in [-0.2, 0) is 14.3 Å². The third-order valence-corrected chi connectivity index (χ3v) is 6.64. The van der Waals surface area contributed by atoms with Gasteiger partial charge in [0.05, 0.1) is 0 Å². The summed E-state index contributed by atoms with van der Waals surface area (Å²) in [5, 5.41) is 70.6. The second-order valence-electron chi connectivity index (χ2n) is 9.66. The van der Waals surface area contributed by atoms with E-state index in [1.807, 2.05) is 0 Å². The van der Waals surface area contributed by atoms with E-state index in [2.05, 4.69) is 0 Å². The Balaban J connectivity index is 1.42. The fourth-order valence-corrected chi connectivity index (χ4v) is 4.41. The molecule has 3 aromatic carbocycles. The van der Waals surface area contributed by atoms with Crippen molar-refractivity contribution in [3.05, 3.63) is 82.5 Å². The highest BCUT2D eigenvalue weighted by atomic mass is 16.7. The predicted molar refractivity (Wildman–Crippen MR) is 148 cm³/mol. The summed E-state index contributed by atoms with van der Waals surface area (Å²) >= 11 is 0. The molecule has 0 bridgehead atoms. The van der Waals surface area contributed by atoms with Gasteiger partial charge in [-0.15, -0.1) is 0 Å². The van der Waals surface area contributed by atoms with Crippen LogP contribution in [0.2, 0.25) is 0 Å². The number of fused-ring (bicyclic) bond motifs is 1. The average Bonchev–Trinajstić information content (AvgIpc) is 2.97. The number of rotatable bonds is 7. The van der Waals surface area contributed by atoms with E-state index in [1.165, 1.54) is 42.5 Å². The first-order valence-electron chi connectivity index (χ1n) is 12.8. The SMILES string of the molecule is O=C(/C=C/c1ccc(O)cc1)OCC1O[C@@H](Oc2c(-c3ccc(O)cc3)oc3cc(O)cc(O)c3c2=O)C(O)[C@H](O)[C@@H]1O. The minimum Gasteiger partial charge on any atom is -0.508 e. The number of aliphatic hydroxyl groups excluding tert-OH is 3. The van der Waals surface area contributed by atoms with Crippen LogP contribution in [-0.4, -0.2) is 79.0 Å². The molecule has 13 heteroatoms. The minimum atomic E-state index is -1.90. The molecule has 1 aromatic heterocycles. The summed E-state index contributed by atoms with van der Waals surface area (Å²) in [5.74, 6) is -2.70. The second kappa shape index (κ2) is 12.0. The lowest BCUT2D eigenvalue weighted by molar-refractivity contribution is -0.278. The van der Waals surface area contributed by atoms with E-state index >= 15 is 0 Å². The summed E-state index contributed by atoms with van der Waals surface area (Å²) in [4.78, 5) is 25.8. The second-order valence-corrected chi connectivity index (χ2v) is 9.66. The molecule has 13 nitrogen and oxygen atoms in total. The summed E-state index contributed by atoms with van der Waals surface area (Å²) in [6.45, 7) is -0.583. The molecule has 2 heterocycles. The summed E-state index contributed by atoms with van der Waals surface area (Å²) in [7, 11) is 0. The van der Waals surface area contributed by atoms with Crippen molar-refractivity contribution in [2.75, 3.05) is 6.61 Å². The zero-order valence-corrected chi connectivity index (χ0v) is 22.1. The van der Waals surface area contributed by atoms with E-state index in [0.717, 1.165) is 18.2 Å². The van der Waals surface area contributed by atoms with Gasteiger partial charge in [0.2, 0.25) is 17.5 Å². The van der Waals surface area contributed by atoms with Gasteiger partial charge in [-0.2, -0.15) is 0 Å². The number of aromatic hydroxyl groups is 4. The van der Waals surface area contributed by atoms with Crippen molar-refractivity contribution in [2.24, 2.45) is 0 Å². The van der Waals surface area contributed by atoms with Gasteiger partial charge in [0.1, 0.15) is 65.0 Å². The molecule has 43 heavy (non-hydrogen) atoms. The number of benzene rings is 3. The molecule has 1 aliphatic rings. The number of carbonyl (C=O) groups excluding carboxylic acids is 1.